The third kappa shape index (κ3) is 5.48. The largest absolute Gasteiger partial charge is 0.348 e. The minimum absolute atomic E-state index is 0.0378. The Balaban J connectivity index is 2.57. The van der Waals surface area contributed by atoms with Gasteiger partial charge in [-0.05, 0) is 17.4 Å². The Kier molecular flexibility index (Phi) is 7.05. The van der Waals surface area contributed by atoms with Crippen molar-refractivity contribution in [1.29, 1.82) is 0 Å². The highest BCUT2D eigenvalue weighted by Crippen LogP contribution is 2.20. The molecule has 0 bridgehead atoms. The van der Waals surface area contributed by atoms with Gasteiger partial charge in [-0.15, -0.1) is 0 Å². The van der Waals surface area contributed by atoms with Crippen LogP contribution >= 0.6 is 0 Å². The molecule has 0 saturated heterocycles. The van der Waals surface area contributed by atoms with E-state index >= 15 is 0 Å². The van der Waals surface area contributed by atoms with Crippen LogP contribution in [0.5, 0.6) is 0 Å². The van der Waals surface area contributed by atoms with E-state index in [1.807, 2.05) is 58.0 Å². The van der Waals surface area contributed by atoms with E-state index in [0.717, 1.165) is 5.56 Å². The molecule has 1 aromatic rings. The summed E-state index contributed by atoms with van der Waals surface area (Å²) in [7, 11) is 0. The monoisotopic (exact) mass is 305 g/mol. The van der Waals surface area contributed by atoms with Crippen molar-refractivity contribution in [2.75, 3.05) is 6.54 Å². The molecule has 4 N–H and O–H groups in total. The molecule has 1 aromatic carbocycles. The maximum atomic E-state index is 12.1. The van der Waals surface area contributed by atoms with Gasteiger partial charge in [0.15, 0.2) is 0 Å². The number of carbonyl (C=O) groups excluding carboxylic acids is 2. The summed E-state index contributed by atoms with van der Waals surface area (Å²) in [5, 5.41) is 5.55. The van der Waals surface area contributed by atoms with E-state index in [1.54, 1.807) is 0 Å². The highest BCUT2D eigenvalue weighted by Gasteiger charge is 2.20. The van der Waals surface area contributed by atoms with Crippen molar-refractivity contribution in [2.45, 2.75) is 39.8 Å². The summed E-state index contributed by atoms with van der Waals surface area (Å²) in [6.45, 7) is 7.77. The number of nitrogens with two attached hydrogens (primary N) is 1. The lowest BCUT2D eigenvalue weighted by molar-refractivity contribution is -0.127. The van der Waals surface area contributed by atoms with Crippen molar-refractivity contribution in [2.24, 2.45) is 17.6 Å². The van der Waals surface area contributed by atoms with Crippen LogP contribution in [0.15, 0.2) is 30.3 Å². The molecule has 0 aliphatic rings. The van der Waals surface area contributed by atoms with E-state index in [-0.39, 0.29) is 36.2 Å². The molecule has 0 fully saturated rings. The Hall–Kier alpha value is -1.88. The van der Waals surface area contributed by atoms with E-state index in [4.69, 9.17) is 5.73 Å². The molecule has 0 saturated carbocycles. The molecule has 2 atom stereocenters. The van der Waals surface area contributed by atoms with Crippen molar-refractivity contribution in [1.82, 2.24) is 10.6 Å². The Morgan fingerprint density at radius 3 is 2.14 bits per heavy atom. The van der Waals surface area contributed by atoms with Crippen LogP contribution in [0, 0.1) is 11.8 Å². The molecule has 0 aromatic heterocycles. The number of rotatable bonds is 7. The third-order valence-corrected chi connectivity index (χ3v) is 3.59. The number of carbonyl (C=O) groups is 2. The second-order valence-corrected chi connectivity index (χ2v) is 6.19. The molecule has 0 radical (unpaired) electrons. The van der Waals surface area contributed by atoms with Gasteiger partial charge in [0.1, 0.15) is 0 Å². The summed E-state index contributed by atoms with van der Waals surface area (Å²) >= 11 is 0. The first kappa shape index (κ1) is 18.2. The Bertz CT molecular complexity index is 486. The molecule has 0 heterocycles. The lowest BCUT2D eigenvalue weighted by atomic mass is 9.96. The standard InChI is InChI=1S/C17H27N3O2/c1-11(2)15(18)17(22)19-10-14(21)20-16(12(3)4)13-8-6-5-7-9-13/h5-9,11-12,15-16H,10,18H2,1-4H3,(H,19,22)(H,20,21)/t15-,16?/m0/s1. The zero-order valence-corrected chi connectivity index (χ0v) is 13.8. The highest BCUT2D eigenvalue weighted by atomic mass is 16.2. The number of nitrogens with one attached hydrogen (secondary N) is 2. The van der Waals surface area contributed by atoms with Gasteiger partial charge < -0.3 is 16.4 Å². The summed E-state index contributed by atoms with van der Waals surface area (Å²) in [6.07, 6.45) is 0. The minimum atomic E-state index is -0.595. The molecular formula is C17H27N3O2. The van der Waals surface area contributed by atoms with Gasteiger partial charge in [0.05, 0.1) is 18.6 Å². The number of hydrogen-bond acceptors (Lipinski definition) is 3. The van der Waals surface area contributed by atoms with Crippen molar-refractivity contribution in [3.63, 3.8) is 0 Å². The third-order valence-electron chi connectivity index (χ3n) is 3.59. The molecule has 1 rings (SSSR count). The maximum absolute atomic E-state index is 12.1. The highest BCUT2D eigenvalue weighted by molar-refractivity contribution is 5.87. The zero-order valence-electron chi connectivity index (χ0n) is 13.8. The second kappa shape index (κ2) is 8.54. The first-order chi connectivity index (χ1) is 10.3. The first-order valence-corrected chi connectivity index (χ1v) is 7.70. The normalized spacial score (nSPS) is 13.8. The fourth-order valence-electron chi connectivity index (χ4n) is 2.11. The molecule has 122 valence electrons. The summed E-state index contributed by atoms with van der Waals surface area (Å²) < 4.78 is 0. The topological polar surface area (TPSA) is 84.2 Å². The quantitative estimate of drug-likeness (QED) is 0.715. The fourth-order valence-corrected chi connectivity index (χ4v) is 2.11. The van der Waals surface area contributed by atoms with E-state index in [2.05, 4.69) is 10.6 Å². The van der Waals surface area contributed by atoms with Crippen molar-refractivity contribution in [3.05, 3.63) is 35.9 Å². The van der Waals surface area contributed by atoms with Gasteiger partial charge in [0.25, 0.3) is 0 Å². The average Bonchev–Trinajstić information content (AvgIpc) is 2.49. The van der Waals surface area contributed by atoms with Crippen LogP contribution < -0.4 is 16.4 Å². The first-order valence-electron chi connectivity index (χ1n) is 7.70. The molecule has 22 heavy (non-hydrogen) atoms. The number of benzene rings is 1. The SMILES string of the molecule is CC(C)C(NC(=O)CNC(=O)[C@@H](N)C(C)C)c1ccccc1. The average molecular weight is 305 g/mol. The molecule has 0 spiro atoms. The Morgan fingerprint density at radius 2 is 1.64 bits per heavy atom. The predicted molar refractivity (Wildman–Crippen MR) is 88.0 cm³/mol. The second-order valence-electron chi connectivity index (χ2n) is 6.19. The summed E-state index contributed by atoms with van der Waals surface area (Å²) in [6, 6.07) is 9.12. The van der Waals surface area contributed by atoms with Gasteiger partial charge in [-0.2, -0.15) is 0 Å². The molecule has 0 aliphatic heterocycles. The Morgan fingerprint density at radius 1 is 1.05 bits per heavy atom. The molecular weight excluding hydrogens is 278 g/mol. The minimum Gasteiger partial charge on any atom is -0.348 e. The summed E-state index contributed by atoms with van der Waals surface area (Å²) in [5.41, 5.74) is 6.79. The van der Waals surface area contributed by atoms with Crippen LogP contribution in [-0.4, -0.2) is 24.4 Å². The van der Waals surface area contributed by atoms with E-state index in [0.29, 0.717) is 0 Å². The van der Waals surface area contributed by atoms with Gasteiger partial charge in [-0.3, -0.25) is 9.59 Å². The lowest BCUT2D eigenvalue weighted by Gasteiger charge is -2.23. The van der Waals surface area contributed by atoms with Gasteiger partial charge in [0, 0.05) is 0 Å². The summed E-state index contributed by atoms with van der Waals surface area (Å²) in [4.78, 5) is 23.8. The number of amides is 2. The Labute approximate surface area is 132 Å². The van der Waals surface area contributed by atoms with Gasteiger partial charge in [-0.25, -0.2) is 0 Å². The van der Waals surface area contributed by atoms with Crippen molar-refractivity contribution < 1.29 is 9.59 Å². The van der Waals surface area contributed by atoms with E-state index in [9.17, 15) is 9.59 Å². The molecule has 5 heteroatoms. The smallest absolute Gasteiger partial charge is 0.239 e. The summed E-state index contributed by atoms with van der Waals surface area (Å²) in [5.74, 6) is -0.228. The van der Waals surface area contributed by atoms with Crippen LogP contribution in [0.2, 0.25) is 0 Å². The van der Waals surface area contributed by atoms with Crippen molar-refractivity contribution >= 4 is 11.8 Å². The van der Waals surface area contributed by atoms with Crippen LogP contribution in [0.1, 0.15) is 39.3 Å². The fraction of sp³-hybridized carbons (Fsp3) is 0.529. The van der Waals surface area contributed by atoms with Crippen LogP contribution in [0.25, 0.3) is 0 Å². The van der Waals surface area contributed by atoms with Gasteiger partial charge >= 0.3 is 0 Å². The molecule has 0 aliphatic carbocycles. The maximum Gasteiger partial charge on any atom is 0.239 e. The van der Waals surface area contributed by atoms with Gasteiger partial charge in [-0.1, -0.05) is 58.0 Å². The van der Waals surface area contributed by atoms with Crippen LogP contribution in [-0.2, 0) is 9.59 Å². The van der Waals surface area contributed by atoms with Gasteiger partial charge in [0.2, 0.25) is 11.8 Å². The molecule has 1 unspecified atom stereocenters. The molecule has 5 nitrogen and oxygen atoms in total. The van der Waals surface area contributed by atoms with E-state index in [1.165, 1.54) is 0 Å². The van der Waals surface area contributed by atoms with Crippen LogP contribution in [0.3, 0.4) is 0 Å². The molecule has 2 amide bonds. The van der Waals surface area contributed by atoms with Crippen molar-refractivity contribution in [3.8, 4) is 0 Å². The lowest BCUT2D eigenvalue weighted by Crippen LogP contribution is -2.47. The number of hydrogen-bond donors (Lipinski definition) is 3. The predicted octanol–water partition coefficient (Wildman–Crippen LogP) is 1.60. The zero-order chi connectivity index (χ0) is 16.7. The van der Waals surface area contributed by atoms with Crippen LogP contribution in [0.4, 0.5) is 0 Å². The van der Waals surface area contributed by atoms with E-state index < -0.39 is 6.04 Å².